The monoisotopic (exact) mass is 426 g/mol. The van der Waals surface area contributed by atoms with Gasteiger partial charge in [-0.05, 0) is 24.1 Å². The molecule has 0 aliphatic heterocycles. The number of carbonyl (C=O) groups is 1. The number of ketones is 1. The molecule has 0 radical (unpaired) electrons. The van der Waals surface area contributed by atoms with Crippen LogP contribution in [0.2, 0.25) is 0 Å². The molecule has 4 heteroatoms. The number of alkyl halides is 1. The summed E-state index contributed by atoms with van der Waals surface area (Å²) in [5.74, 6) is 0.0927. The molecule has 0 amide bonds. The lowest BCUT2D eigenvalue weighted by Crippen LogP contribution is -2.07. The van der Waals surface area contributed by atoms with Gasteiger partial charge in [-0.25, -0.2) is 0 Å². The number of halogens is 1. The number of hydrogen-bond donors (Lipinski definition) is 0. The molecule has 0 bridgehead atoms. The predicted molar refractivity (Wildman–Crippen MR) is 123 cm³/mol. The smallest absolute Gasteiger partial charge is 0.155 e. The largest absolute Gasteiger partial charge is 0.298 e. The summed E-state index contributed by atoms with van der Waals surface area (Å²) in [4.78, 5) is 13.0. The van der Waals surface area contributed by atoms with Crippen molar-refractivity contribution in [1.82, 2.24) is 0 Å². The van der Waals surface area contributed by atoms with Crippen molar-refractivity contribution in [1.29, 1.82) is 0 Å². The van der Waals surface area contributed by atoms with Crippen molar-refractivity contribution in [3.8, 4) is 0 Å². The van der Waals surface area contributed by atoms with Crippen molar-refractivity contribution >= 4 is 28.2 Å². The van der Waals surface area contributed by atoms with Crippen LogP contribution in [-0.2, 0) is 15.6 Å². The van der Waals surface area contributed by atoms with E-state index in [4.69, 9.17) is 11.6 Å². The van der Waals surface area contributed by atoms with E-state index in [1.807, 2.05) is 12.1 Å². The van der Waals surface area contributed by atoms with Crippen molar-refractivity contribution in [2.45, 2.75) is 107 Å². The maximum absolute atomic E-state index is 12.3. The van der Waals surface area contributed by atoms with Crippen LogP contribution in [0.25, 0.3) is 0 Å². The molecule has 0 fully saturated rings. The second kappa shape index (κ2) is 16.2. The van der Waals surface area contributed by atoms with Crippen LogP contribution in [0.4, 0.5) is 0 Å². The van der Waals surface area contributed by atoms with Gasteiger partial charge in [0.2, 0.25) is 0 Å². The highest BCUT2D eigenvalue weighted by Gasteiger charge is 2.17. The molecule has 0 saturated carbocycles. The molecule has 0 saturated heterocycles. The van der Waals surface area contributed by atoms with Gasteiger partial charge in [0.1, 0.15) is 5.38 Å². The molecular formula is C24H39ClO2S. The van der Waals surface area contributed by atoms with Crippen molar-refractivity contribution in [3.63, 3.8) is 0 Å². The molecule has 1 rings (SSSR count). The lowest BCUT2D eigenvalue weighted by atomic mass is 10.0. The highest BCUT2D eigenvalue weighted by atomic mass is 35.5. The van der Waals surface area contributed by atoms with Gasteiger partial charge in [0.05, 0.1) is 0 Å². The van der Waals surface area contributed by atoms with Crippen LogP contribution in [0, 0.1) is 0 Å². The van der Waals surface area contributed by atoms with Gasteiger partial charge in [-0.1, -0.05) is 96.1 Å². The number of unbranched alkanes of at least 4 members (excludes halogenated alkanes) is 12. The molecule has 2 atom stereocenters. The first-order valence-electron chi connectivity index (χ1n) is 11.2. The van der Waals surface area contributed by atoms with E-state index in [9.17, 15) is 9.00 Å². The quantitative estimate of drug-likeness (QED) is 0.188. The molecule has 0 spiro atoms. The average Bonchev–Trinajstić information content (AvgIpc) is 2.70. The van der Waals surface area contributed by atoms with Gasteiger partial charge in [-0.2, -0.15) is 0 Å². The molecule has 28 heavy (non-hydrogen) atoms. The summed E-state index contributed by atoms with van der Waals surface area (Å²) < 4.78 is 11.4. The van der Waals surface area contributed by atoms with E-state index in [0.717, 1.165) is 23.3 Å². The van der Waals surface area contributed by atoms with E-state index in [-0.39, 0.29) is 5.78 Å². The second-order valence-electron chi connectivity index (χ2n) is 7.84. The minimum absolute atomic E-state index is 0.0927. The summed E-state index contributed by atoms with van der Waals surface area (Å²) in [5, 5.41) is -0.586. The molecule has 1 aromatic rings. The van der Waals surface area contributed by atoms with Crippen molar-refractivity contribution in [3.05, 3.63) is 29.8 Å². The van der Waals surface area contributed by atoms with Crippen LogP contribution >= 0.6 is 11.6 Å². The summed E-state index contributed by atoms with van der Waals surface area (Å²) in [6.07, 6.45) is 19.1. The fourth-order valence-electron chi connectivity index (χ4n) is 3.46. The Hall–Kier alpha value is -0.670. The SMILES string of the molecule is CCCCCCCCCCCCCCCC(=O)C(Cl)c1ccc(S(C)=O)cc1. The molecule has 0 aliphatic rings. The Labute approximate surface area is 180 Å². The third kappa shape index (κ3) is 11.4. The molecule has 0 N–H and O–H groups in total. The van der Waals surface area contributed by atoms with Gasteiger partial charge in [0, 0.05) is 28.4 Å². The Bertz CT molecular complexity index is 556. The average molecular weight is 427 g/mol. The van der Waals surface area contributed by atoms with E-state index in [1.165, 1.54) is 70.6 Å². The zero-order valence-electron chi connectivity index (χ0n) is 17.9. The number of benzene rings is 1. The van der Waals surface area contributed by atoms with Crippen LogP contribution in [0.3, 0.4) is 0 Å². The van der Waals surface area contributed by atoms with Gasteiger partial charge in [-0.15, -0.1) is 11.6 Å². The zero-order chi connectivity index (χ0) is 20.6. The zero-order valence-corrected chi connectivity index (χ0v) is 19.5. The lowest BCUT2D eigenvalue weighted by molar-refractivity contribution is -0.118. The molecule has 1 aromatic carbocycles. The van der Waals surface area contributed by atoms with E-state index in [1.54, 1.807) is 18.4 Å². The third-order valence-electron chi connectivity index (χ3n) is 5.31. The normalized spacial score (nSPS) is 13.4. The molecule has 0 aliphatic carbocycles. The number of Topliss-reactive ketones (excluding diaryl/α,β-unsaturated/α-hetero) is 1. The Morgan fingerprint density at radius 1 is 0.821 bits per heavy atom. The molecule has 2 nitrogen and oxygen atoms in total. The third-order valence-corrected chi connectivity index (χ3v) is 6.75. The first-order chi connectivity index (χ1) is 13.6. The van der Waals surface area contributed by atoms with Gasteiger partial charge in [-0.3, -0.25) is 9.00 Å². The molecule has 0 heterocycles. The van der Waals surface area contributed by atoms with Crippen LogP contribution in [-0.4, -0.2) is 16.2 Å². The van der Waals surface area contributed by atoms with Gasteiger partial charge in [0.15, 0.2) is 5.78 Å². The Kier molecular flexibility index (Phi) is 14.6. The minimum Gasteiger partial charge on any atom is -0.298 e. The maximum Gasteiger partial charge on any atom is 0.155 e. The highest BCUT2D eigenvalue weighted by molar-refractivity contribution is 7.84. The van der Waals surface area contributed by atoms with Crippen molar-refractivity contribution < 1.29 is 9.00 Å². The van der Waals surface area contributed by atoms with Crippen LogP contribution in [0.5, 0.6) is 0 Å². The van der Waals surface area contributed by atoms with Crippen molar-refractivity contribution in [2.24, 2.45) is 0 Å². The maximum atomic E-state index is 12.3. The van der Waals surface area contributed by atoms with Crippen molar-refractivity contribution in [2.75, 3.05) is 6.26 Å². The van der Waals surface area contributed by atoms with Gasteiger partial charge in [0.25, 0.3) is 0 Å². The first-order valence-corrected chi connectivity index (χ1v) is 13.2. The van der Waals surface area contributed by atoms with Gasteiger partial charge >= 0.3 is 0 Å². The number of rotatable bonds is 17. The van der Waals surface area contributed by atoms with Crippen LogP contribution < -0.4 is 0 Å². The van der Waals surface area contributed by atoms with E-state index in [2.05, 4.69) is 6.92 Å². The number of hydrogen-bond acceptors (Lipinski definition) is 2. The van der Waals surface area contributed by atoms with E-state index >= 15 is 0 Å². The fourth-order valence-corrected chi connectivity index (χ4v) is 4.23. The predicted octanol–water partition coefficient (Wildman–Crippen LogP) is 7.75. The number of carbonyl (C=O) groups excluding carboxylic acids is 1. The summed E-state index contributed by atoms with van der Waals surface area (Å²) in [6, 6.07) is 7.21. The van der Waals surface area contributed by atoms with E-state index in [0.29, 0.717) is 6.42 Å². The van der Waals surface area contributed by atoms with Gasteiger partial charge < -0.3 is 0 Å². The molecule has 0 aromatic heterocycles. The Balaban J connectivity index is 2.02. The molecular weight excluding hydrogens is 388 g/mol. The standard InChI is InChI=1S/C24H39ClO2S/c1-3-4-5-6-7-8-9-10-11-12-13-14-15-16-23(26)24(25)21-17-19-22(20-18-21)28(2)27/h17-20,24H,3-16H2,1-2H3. The molecule has 2 unspecified atom stereocenters. The Morgan fingerprint density at radius 2 is 1.25 bits per heavy atom. The minimum atomic E-state index is -1.00. The Morgan fingerprint density at radius 3 is 1.68 bits per heavy atom. The summed E-state index contributed by atoms with van der Waals surface area (Å²) in [5.41, 5.74) is 0.801. The topological polar surface area (TPSA) is 34.1 Å². The highest BCUT2D eigenvalue weighted by Crippen LogP contribution is 2.25. The lowest BCUT2D eigenvalue weighted by Gasteiger charge is -2.09. The molecule has 160 valence electrons. The van der Waals surface area contributed by atoms with Crippen LogP contribution in [0.1, 0.15) is 108 Å². The van der Waals surface area contributed by atoms with Crippen LogP contribution in [0.15, 0.2) is 29.2 Å². The van der Waals surface area contributed by atoms with E-state index < -0.39 is 16.2 Å². The fraction of sp³-hybridized carbons (Fsp3) is 0.708. The summed E-state index contributed by atoms with van der Waals surface area (Å²) >= 11 is 6.31. The summed E-state index contributed by atoms with van der Waals surface area (Å²) in [7, 11) is -1.00. The summed E-state index contributed by atoms with van der Waals surface area (Å²) in [6.45, 7) is 2.26. The second-order valence-corrected chi connectivity index (χ2v) is 9.66. The first kappa shape index (κ1) is 25.4.